The standard InChI is InChI=1S/C16H16N2O5/c1-9-13(17-10(2)23-9)15(19)18-7-8-22-12-6-4-3-5-11(12)14(18)16(20)21/h3-6,14H,7-8H2,1-2H3,(H,20,21). The van der Waals surface area contributed by atoms with E-state index in [0.29, 0.717) is 23.0 Å². The highest BCUT2D eigenvalue weighted by Gasteiger charge is 2.37. The summed E-state index contributed by atoms with van der Waals surface area (Å²) in [6.07, 6.45) is 0. The van der Waals surface area contributed by atoms with Gasteiger partial charge < -0.3 is 19.2 Å². The van der Waals surface area contributed by atoms with E-state index in [1.54, 1.807) is 38.1 Å². The highest BCUT2D eigenvalue weighted by molar-refractivity contribution is 5.96. The second-order valence-electron chi connectivity index (χ2n) is 5.26. The fourth-order valence-corrected chi connectivity index (χ4v) is 2.74. The van der Waals surface area contributed by atoms with E-state index < -0.39 is 17.9 Å². The number of hydrogen-bond donors (Lipinski definition) is 1. The minimum atomic E-state index is -1.13. The van der Waals surface area contributed by atoms with E-state index in [-0.39, 0.29) is 18.8 Å². The van der Waals surface area contributed by atoms with Crippen molar-refractivity contribution >= 4 is 11.9 Å². The first kappa shape index (κ1) is 15.1. The maximum absolute atomic E-state index is 12.8. The smallest absolute Gasteiger partial charge is 0.331 e. The summed E-state index contributed by atoms with van der Waals surface area (Å²) in [5.41, 5.74) is 0.580. The summed E-state index contributed by atoms with van der Waals surface area (Å²) in [5.74, 6) is -0.385. The van der Waals surface area contributed by atoms with Crippen molar-refractivity contribution in [2.75, 3.05) is 13.2 Å². The molecule has 1 amide bonds. The van der Waals surface area contributed by atoms with Gasteiger partial charge in [0.1, 0.15) is 18.1 Å². The lowest BCUT2D eigenvalue weighted by molar-refractivity contribution is -0.142. The van der Waals surface area contributed by atoms with Gasteiger partial charge >= 0.3 is 5.97 Å². The van der Waals surface area contributed by atoms with Crippen LogP contribution in [0.25, 0.3) is 0 Å². The predicted octanol–water partition coefficient (Wildman–Crippen LogP) is 1.95. The molecule has 1 atom stereocenters. The van der Waals surface area contributed by atoms with Crippen molar-refractivity contribution < 1.29 is 23.8 Å². The first-order valence-corrected chi connectivity index (χ1v) is 7.18. The Bertz CT molecular complexity index is 768. The fraction of sp³-hybridized carbons (Fsp3) is 0.312. The van der Waals surface area contributed by atoms with E-state index in [2.05, 4.69) is 4.98 Å². The molecule has 3 rings (SSSR count). The molecule has 1 aromatic heterocycles. The summed E-state index contributed by atoms with van der Waals surface area (Å²) < 4.78 is 10.9. The Balaban J connectivity index is 2.05. The maximum atomic E-state index is 12.8. The molecule has 0 saturated carbocycles. The van der Waals surface area contributed by atoms with E-state index in [0.717, 1.165) is 0 Å². The van der Waals surface area contributed by atoms with Crippen molar-refractivity contribution in [2.45, 2.75) is 19.9 Å². The molecule has 1 unspecified atom stereocenters. The summed E-state index contributed by atoms with van der Waals surface area (Å²) in [5, 5.41) is 9.66. The molecule has 7 nitrogen and oxygen atoms in total. The zero-order chi connectivity index (χ0) is 16.6. The molecule has 0 fully saturated rings. The quantitative estimate of drug-likeness (QED) is 0.910. The van der Waals surface area contributed by atoms with Gasteiger partial charge in [0.15, 0.2) is 17.6 Å². The fourth-order valence-electron chi connectivity index (χ4n) is 2.74. The van der Waals surface area contributed by atoms with Crippen LogP contribution >= 0.6 is 0 Å². The van der Waals surface area contributed by atoms with Crippen molar-refractivity contribution in [3.63, 3.8) is 0 Å². The van der Waals surface area contributed by atoms with Crippen LogP contribution in [0.15, 0.2) is 28.7 Å². The molecule has 1 aromatic carbocycles. The molecule has 2 heterocycles. The van der Waals surface area contributed by atoms with E-state index in [9.17, 15) is 14.7 Å². The van der Waals surface area contributed by atoms with Crippen molar-refractivity contribution in [2.24, 2.45) is 0 Å². The number of rotatable bonds is 2. The number of aryl methyl sites for hydroxylation is 2. The Hall–Kier alpha value is -2.83. The number of benzene rings is 1. The third kappa shape index (κ3) is 2.65. The number of aromatic nitrogens is 1. The Morgan fingerprint density at radius 2 is 2.04 bits per heavy atom. The number of hydrogen-bond acceptors (Lipinski definition) is 5. The molecule has 0 spiro atoms. The average molecular weight is 316 g/mol. The van der Waals surface area contributed by atoms with Crippen LogP contribution in [0.2, 0.25) is 0 Å². The normalized spacial score (nSPS) is 17.1. The van der Waals surface area contributed by atoms with Crippen LogP contribution in [-0.4, -0.2) is 40.0 Å². The zero-order valence-corrected chi connectivity index (χ0v) is 12.8. The van der Waals surface area contributed by atoms with Gasteiger partial charge in [-0.1, -0.05) is 18.2 Å². The van der Waals surface area contributed by atoms with E-state index in [1.807, 2.05) is 0 Å². The number of para-hydroxylation sites is 1. The molecule has 0 radical (unpaired) electrons. The molecule has 1 aliphatic heterocycles. The monoisotopic (exact) mass is 316 g/mol. The van der Waals surface area contributed by atoms with Gasteiger partial charge in [0, 0.05) is 12.5 Å². The van der Waals surface area contributed by atoms with Gasteiger partial charge in [-0.25, -0.2) is 9.78 Å². The van der Waals surface area contributed by atoms with Gasteiger partial charge in [0.25, 0.3) is 5.91 Å². The number of ether oxygens (including phenoxy) is 1. The SMILES string of the molecule is Cc1nc(C(=O)N2CCOc3ccccc3C2C(=O)O)c(C)o1. The summed E-state index contributed by atoms with van der Waals surface area (Å²) in [4.78, 5) is 29.9. The number of fused-ring (bicyclic) bond motifs is 1. The van der Waals surface area contributed by atoms with Gasteiger partial charge in [-0.15, -0.1) is 0 Å². The minimum absolute atomic E-state index is 0.133. The van der Waals surface area contributed by atoms with Gasteiger partial charge in [-0.3, -0.25) is 4.79 Å². The lowest BCUT2D eigenvalue weighted by Gasteiger charge is -2.26. The number of oxazole rings is 1. The van der Waals surface area contributed by atoms with Crippen LogP contribution in [0, 0.1) is 13.8 Å². The molecule has 2 aromatic rings. The topological polar surface area (TPSA) is 92.9 Å². The summed E-state index contributed by atoms with van der Waals surface area (Å²) >= 11 is 0. The lowest BCUT2D eigenvalue weighted by Crippen LogP contribution is -2.40. The molecule has 23 heavy (non-hydrogen) atoms. The number of carboxylic acid groups (broad SMARTS) is 1. The molecule has 7 heteroatoms. The maximum Gasteiger partial charge on any atom is 0.331 e. The average Bonchev–Trinajstić information content (AvgIpc) is 2.74. The largest absolute Gasteiger partial charge is 0.491 e. The molecular formula is C16H16N2O5. The van der Waals surface area contributed by atoms with Gasteiger partial charge in [0.2, 0.25) is 0 Å². The van der Waals surface area contributed by atoms with E-state index in [4.69, 9.17) is 9.15 Å². The lowest BCUT2D eigenvalue weighted by atomic mass is 10.0. The Labute approximate surface area is 132 Å². The molecule has 1 N–H and O–H groups in total. The van der Waals surface area contributed by atoms with Gasteiger partial charge in [-0.05, 0) is 13.0 Å². The van der Waals surface area contributed by atoms with Crippen LogP contribution < -0.4 is 4.74 Å². The number of carbonyl (C=O) groups excluding carboxylic acids is 1. The van der Waals surface area contributed by atoms with Crippen LogP contribution in [0.4, 0.5) is 0 Å². The number of carbonyl (C=O) groups is 2. The van der Waals surface area contributed by atoms with Crippen molar-refractivity contribution in [3.05, 3.63) is 47.2 Å². The number of nitrogens with zero attached hydrogens (tertiary/aromatic N) is 2. The highest BCUT2D eigenvalue weighted by atomic mass is 16.5. The van der Waals surface area contributed by atoms with E-state index in [1.165, 1.54) is 4.90 Å². The Morgan fingerprint density at radius 1 is 1.30 bits per heavy atom. The first-order valence-electron chi connectivity index (χ1n) is 7.18. The molecule has 0 aliphatic carbocycles. The molecule has 1 aliphatic rings. The Morgan fingerprint density at radius 3 is 2.70 bits per heavy atom. The van der Waals surface area contributed by atoms with E-state index >= 15 is 0 Å². The molecule has 0 saturated heterocycles. The van der Waals surface area contributed by atoms with Crippen molar-refractivity contribution in [1.82, 2.24) is 9.88 Å². The number of amides is 1. The predicted molar refractivity (Wildman–Crippen MR) is 79.3 cm³/mol. The third-order valence-corrected chi connectivity index (χ3v) is 3.72. The number of aliphatic carboxylic acids is 1. The summed E-state index contributed by atoms with van der Waals surface area (Å²) in [6.45, 7) is 3.63. The molecular weight excluding hydrogens is 300 g/mol. The van der Waals surface area contributed by atoms with Gasteiger partial charge in [-0.2, -0.15) is 0 Å². The van der Waals surface area contributed by atoms with Crippen molar-refractivity contribution in [3.8, 4) is 5.75 Å². The third-order valence-electron chi connectivity index (χ3n) is 3.72. The number of carboxylic acids is 1. The summed E-state index contributed by atoms with van der Waals surface area (Å²) in [7, 11) is 0. The van der Waals surface area contributed by atoms with Crippen molar-refractivity contribution in [1.29, 1.82) is 0 Å². The Kier molecular flexibility index (Phi) is 3.77. The van der Waals surface area contributed by atoms with Crippen LogP contribution in [0.5, 0.6) is 5.75 Å². The molecule has 0 bridgehead atoms. The van der Waals surface area contributed by atoms with Crippen LogP contribution in [-0.2, 0) is 4.79 Å². The first-order chi connectivity index (χ1) is 11.0. The zero-order valence-electron chi connectivity index (χ0n) is 12.8. The minimum Gasteiger partial charge on any atom is -0.491 e. The molecule has 120 valence electrons. The second kappa shape index (κ2) is 5.75. The van der Waals surface area contributed by atoms with Crippen LogP contribution in [0.1, 0.15) is 33.7 Å². The summed E-state index contributed by atoms with van der Waals surface area (Å²) in [6, 6.07) is 5.71. The highest BCUT2D eigenvalue weighted by Crippen LogP contribution is 2.33. The van der Waals surface area contributed by atoms with Gasteiger partial charge in [0.05, 0.1) is 6.54 Å². The second-order valence-corrected chi connectivity index (χ2v) is 5.26. The van der Waals surface area contributed by atoms with Crippen LogP contribution in [0.3, 0.4) is 0 Å².